The van der Waals surface area contributed by atoms with Crippen LogP contribution in [0.4, 0.5) is 0 Å². The van der Waals surface area contributed by atoms with Gasteiger partial charge in [-0.05, 0) is 60.6 Å². The summed E-state index contributed by atoms with van der Waals surface area (Å²) >= 11 is 1.37. The Hall–Kier alpha value is -2.65. The Morgan fingerprint density at radius 1 is 1.28 bits per heavy atom. The molecule has 212 valence electrons. The van der Waals surface area contributed by atoms with Crippen LogP contribution >= 0.6 is 11.8 Å². The summed E-state index contributed by atoms with van der Waals surface area (Å²) in [7, 11) is 0. The van der Waals surface area contributed by atoms with Gasteiger partial charge >= 0.3 is 5.97 Å². The van der Waals surface area contributed by atoms with Gasteiger partial charge in [0.05, 0.1) is 18.1 Å². The van der Waals surface area contributed by atoms with Gasteiger partial charge in [0.2, 0.25) is 5.96 Å². The molecule has 4 rings (SSSR count). The molecular formula is C30H42N4O4S. The first-order chi connectivity index (χ1) is 18.4. The number of esters is 1. The highest BCUT2D eigenvalue weighted by Crippen LogP contribution is 2.68. The van der Waals surface area contributed by atoms with Crippen LogP contribution in [0.3, 0.4) is 0 Å². The number of hydrogen-bond donors (Lipinski definition) is 3. The second kappa shape index (κ2) is 11.1. The Morgan fingerprint density at radius 2 is 2.03 bits per heavy atom. The van der Waals surface area contributed by atoms with Gasteiger partial charge in [-0.1, -0.05) is 45.9 Å². The smallest absolute Gasteiger partial charge is 0.316 e. The van der Waals surface area contributed by atoms with Crippen LogP contribution in [0.5, 0.6) is 0 Å². The van der Waals surface area contributed by atoms with Crippen LogP contribution in [-0.2, 0) is 14.3 Å². The average Bonchev–Trinajstić information content (AvgIpc) is 3.26. The van der Waals surface area contributed by atoms with Gasteiger partial charge in [0.15, 0.2) is 0 Å². The molecule has 9 heteroatoms. The summed E-state index contributed by atoms with van der Waals surface area (Å²) < 4.78 is 6.32. The van der Waals surface area contributed by atoms with E-state index in [4.69, 9.17) is 16.2 Å². The van der Waals surface area contributed by atoms with E-state index in [1.807, 2.05) is 37.3 Å². The van der Waals surface area contributed by atoms with E-state index >= 15 is 0 Å². The topological polar surface area (TPSA) is 140 Å². The maximum absolute atomic E-state index is 13.5. The van der Waals surface area contributed by atoms with Crippen molar-refractivity contribution >= 4 is 35.7 Å². The zero-order valence-corrected chi connectivity index (χ0v) is 24.2. The van der Waals surface area contributed by atoms with Gasteiger partial charge in [-0.2, -0.15) is 5.10 Å². The van der Waals surface area contributed by atoms with Crippen molar-refractivity contribution in [2.24, 2.45) is 55.7 Å². The highest BCUT2D eigenvalue weighted by atomic mass is 32.2. The first-order valence-electron chi connectivity index (χ1n) is 13.8. The Morgan fingerprint density at radius 3 is 2.72 bits per heavy atom. The summed E-state index contributed by atoms with van der Waals surface area (Å²) in [5.41, 5.74) is 9.95. The number of carbonyl (C=O) groups excluding carboxylic acids is 2. The number of carbonyl (C=O) groups is 2. The van der Waals surface area contributed by atoms with Crippen LogP contribution in [0.2, 0.25) is 0 Å². The molecule has 3 aliphatic rings. The van der Waals surface area contributed by atoms with Crippen molar-refractivity contribution in [3.8, 4) is 0 Å². The minimum absolute atomic E-state index is 0.0567. The summed E-state index contributed by atoms with van der Waals surface area (Å²) in [6, 6.07) is 7.53. The second-order valence-corrected chi connectivity index (χ2v) is 13.2. The normalized spacial score (nSPS) is 38.0. The van der Waals surface area contributed by atoms with E-state index in [-0.39, 0.29) is 46.6 Å². The van der Waals surface area contributed by atoms with Gasteiger partial charge < -0.3 is 21.3 Å². The molecule has 0 aromatic heterocycles. The zero-order valence-electron chi connectivity index (χ0n) is 23.4. The van der Waals surface area contributed by atoms with Crippen LogP contribution in [0.1, 0.15) is 65.4 Å². The number of rotatable bonds is 7. The molecule has 3 fully saturated rings. The molecule has 5 N–H and O–H groups in total. The second-order valence-electron chi connectivity index (χ2n) is 12.2. The number of Topliss-reactive ketones (excluding diaryl/α,β-unsaturated/α-hetero) is 1. The number of ether oxygens (including phenoxy) is 1. The summed E-state index contributed by atoms with van der Waals surface area (Å²) in [4.78, 5) is 27.8. The lowest BCUT2D eigenvalue weighted by Crippen LogP contribution is -2.63. The van der Waals surface area contributed by atoms with Crippen LogP contribution < -0.4 is 11.5 Å². The number of aliphatic hydroxyl groups excluding tert-OH is 1. The molecule has 0 radical (unpaired) electrons. The van der Waals surface area contributed by atoms with Crippen molar-refractivity contribution in [3.05, 3.63) is 42.5 Å². The van der Waals surface area contributed by atoms with Crippen molar-refractivity contribution in [2.75, 3.05) is 5.75 Å². The highest BCUT2D eigenvalue weighted by Gasteiger charge is 2.68. The van der Waals surface area contributed by atoms with E-state index in [0.717, 1.165) is 29.7 Å². The fourth-order valence-electron chi connectivity index (χ4n) is 7.68. The predicted octanol–water partition coefficient (Wildman–Crippen LogP) is 4.29. The molecule has 8 nitrogen and oxygen atoms in total. The predicted molar refractivity (Wildman–Crippen MR) is 155 cm³/mol. The minimum atomic E-state index is -0.680. The van der Waals surface area contributed by atoms with E-state index in [0.29, 0.717) is 12.8 Å². The first kappa shape index (κ1) is 29.3. The number of nitrogens with two attached hydrogens (primary N) is 2. The van der Waals surface area contributed by atoms with E-state index in [9.17, 15) is 14.7 Å². The van der Waals surface area contributed by atoms with Crippen LogP contribution in [0, 0.1) is 34.0 Å². The number of ketones is 1. The van der Waals surface area contributed by atoms with Gasteiger partial charge in [-0.15, -0.1) is 23.4 Å². The molecular weight excluding hydrogens is 512 g/mol. The molecule has 3 unspecified atom stereocenters. The van der Waals surface area contributed by atoms with Crippen LogP contribution in [0.25, 0.3) is 0 Å². The van der Waals surface area contributed by atoms with Crippen molar-refractivity contribution in [2.45, 2.75) is 76.9 Å². The van der Waals surface area contributed by atoms with E-state index < -0.39 is 23.0 Å². The molecule has 0 saturated heterocycles. The standard InChI is InChI=1S/C30H42N4O4S/c1-6-28(4)15-23(38-24(36)17-39-21-9-7-8-20(14-21)16-33-34-27(31)32)29(5)18(2)10-12-30(19(3)26(28)37)13-11-22(35)25(29)30/h6-9,14,16,18-19,23,25-26,37H,1,10-13,15,17H2,2-5H3,(H4,31,32,34)/b33-16+/t18?,19-,23+,25?,26-,28+,29-,30?/m0/s1. The van der Waals surface area contributed by atoms with Crippen molar-refractivity contribution in [3.63, 3.8) is 0 Å². The van der Waals surface area contributed by atoms with Crippen molar-refractivity contribution < 1.29 is 19.4 Å². The van der Waals surface area contributed by atoms with Gasteiger partial charge in [0.25, 0.3) is 0 Å². The van der Waals surface area contributed by atoms with Crippen molar-refractivity contribution in [1.29, 1.82) is 0 Å². The molecule has 8 atom stereocenters. The van der Waals surface area contributed by atoms with Gasteiger partial charge in [-0.25, -0.2) is 0 Å². The number of benzene rings is 1. The molecule has 2 bridgehead atoms. The van der Waals surface area contributed by atoms with Gasteiger partial charge in [0.1, 0.15) is 11.9 Å². The number of thioether (sulfide) groups is 1. The van der Waals surface area contributed by atoms with Gasteiger partial charge in [-0.3, -0.25) is 9.59 Å². The number of aliphatic hydroxyl groups is 1. The Bertz CT molecular complexity index is 1180. The van der Waals surface area contributed by atoms with E-state index in [2.05, 4.69) is 37.6 Å². The molecule has 3 saturated carbocycles. The Labute approximate surface area is 235 Å². The molecule has 0 heterocycles. The largest absolute Gasteiger partial charge is 0.461 e. The first-order valence-corrected chi connectivity index (χ1v) is 14.7. The average molecular weight is 555 g/mol. The molecule has 1 aromatic rings. The summed E-state index contributed by atoms with van der Waals surface area (Å²) in [5, 5.41) is 19.1. The monoisotopic (exact) mass is 554 g/mol. The molecule has 39 heavy (non-hydrogen) atoms. The number of guanidine groups is 1. The summed E-state index contributed by atoms with van der Waals surface area (Å²) in [6.45, 7) is 12.5. The lowest BCUT2D eigenvalue weighted by molar-refractivity contribution is -0.205. The molecule has 3 aliphatic carbocycles. The molecule has 0 spiro atoms. The van der Waals surface area contributed by atoms with Crippen molar-refractivity contribution in [1.82, 2.24) is 0 Å². The Balaban J connectivity index is 1.59. The van der Waals surface area contributed by atoms with E-state index in [1.54, 1.807) is 0 Å². The quantitative estimate of drug-likeness (QED) is 0.114. The van der Waals surface area contributed by atoms with Crippen LogP contribution in [-0.4, -0.2) is 47.0 Å². The maximum atomic E-state index is 13.5. The third kappa shape index (κ3) is 5.27. The number of hydrogen-bond acceptors (Lipinski definition) is 7. The lowest BCUT2D eigenvalue weighted by Gasteiger charge is -2.61. The number of nitrogens with zero attached hydrogens (tertiary/aromatic N) is 2. The lowest BCUT2D eigenvalue weighted by atomic mass is 9.44. The SMILES string of the molecule is C=C[C@]1(C)C[C@@H](OC(=O)CSc2cccc(/C=N/N=C(N)N)c2)[C@]2(C)C(C)CCC3(CCC(=O)C32)[C@@H](C)[C@@H]1O. The highest BCUT2D eigenvalue weighted by molar-refractivity contribution is 8.00. The zero-order chi connectivity index (χ0) is 28.6. The van der Waals surface area contributed by atoms with Gasteiger partial charge in [0, 0.05) is 28.1 Å². The van der Waals surface area contributed by atoms with E-state index in [1.165, 1.54) is 18.0 Å². The maximum Gasteiger partial charge on any atom is 0.316 e. The summed E-state index contributed by atoms with van der Waals surface area (Å²) in [5.74, 6) is -0.197. The fourth-order valence-corrected chi connectivity index (χ4v) is 8.43. The third-order valence-corrected chi connectivity index (χ3v) is 11.1. The fraction of sp³-hybridized carbons (Fsp3) is 0.600. The third-order valence-electron chi connectivity index (χ3n) is 10.2. The molecule has 1 aromatic carbocycles. The summed E-state index contributed by atoms with van der Waals surface area (Å²) in [6.07, 6.45) is 5.74. The molecule has 0 amide bonds. The van der Waals surface area contributed by atoms with Crippen LogP contribution in [0.15, 0.2) is 52.0 Å². The minimum Gasteiger partial charge on any atom is -0.461 e. The Kier molecular flexibility index (Phi) is 8.34. The molecule has 0 aliphatic heterocycles.